The molecule has 1 heterocycles. The SMILES string of the molecule is CN=C(NCCCNC(=O)c1occc1C)NCC(C)COCc1ccccc1. The number of nitrogens with zero attached hydrogens (tertiary/aromatic N) is 1. The average Bonchev–Trinajstić information content (AvgIpc) is 3.16. The normalized spacial score (nSPS) is 12.4. The van der Waals surface area contributed by atoms with Crippen LogP contribution in [0.5, 0.6) is 0 Å². The molecule has 1 amide bonds. The van der Waals surface area contributed by atoms with Gasteiger partial charge in [0.1, 0.15) is 0 Å². The summed E-state index contributed by atoms with van der Waals surface area (Å²) in [5, 5.41) is 9.41. The van der Waals surface area contributed by atoms with Crippen molar-refractivity contribution in [2.24, 2.45) is 10.9 Å². The van der Waals surface area contributed by atoms with E-state index in [2.05, 4.69) is 40.0 Å². The predicted molar refractivity (Wildman–Crippen MR) is 115 cm³/mol. The highest BCUT2D eigenvalue weighted by Gasteiger charge is 2.11. The highest BCUT2D eigenvalue weighted by molar-refractivity contribution is 5.92. The minimum atomic E-state index is -0.181. The molecular formula is C22H32N4O3. The Morgan fingerprint density at radius 1 is 1.14 bits per heavy atom. The molecule has 0 aliphatic carbocycles. The third kappa shape index (κ3) is 8.39. The number of guanidine groups is 1. The van der Waals surface area contributed by atoms with E-state index in [4.69, 9.17) is 9.15 Å². The Hall–Kier alpha value is -2.80. The van der Waals surface area contributed by atoms with E-state index < -0.39 is 0 Å². The van der Waals surface area contributed by atoms with Crippen molar-refractivity contribution in [2.45, 2.75) is 26.9 Å². The first-order valence-electron chi connectivity index (χ1n) is 9.98. The first-order valence-corrected chi connectivity index (χ1v) is 9.98. The molecule has 1 aromatic heterocycles. The van der Waals surface area contributed by atoms with Crippen molar-refractivity contribution in [2.75, 3.05) is 33.3 Å². The van der Waals surface area contributed by atoms with Crippen LogP contribution < -0.4 is 16.0 Å². The van der Waals surface area contributed by atoms with E-state index in [0.717, 1.165) is 24.5 Å². The van der Waals surface area contributed by atoms with Crippen molar-refractivity contribution in [3.63, 3.8) is 0 Å². The molecule has 0 spiro atoms. The van der Waals surface area contributed by atoms with Crippen LogP contribution >= 0.6 is 0 Å². The minimum Gasteiger partial charge on any atom is -0.459 e. The smallest absolute Gasteiger partial charge is 0.287 e. The summed E-state index contributed by atoms with van der Waals surface area (Å²) in [6.45, 7) is 7.32. The van der Waals surface area contributed by atoms with Crippen molar-refractivity contribution in [3.8, 4) is 0 Å². The molecule has 7 heteroatoms. The quantitative estimate of drug-likeness (QED) is 0.307. The fourth-order valence-electron chi connectivity index (χ4n) is 2.69. The summed E-state index contributed by atoms with van der Waals surface area (Å²) >= 11 is 0. The number of furan rings is 1. The lowest BCUT2D eigenvalue weighted by atomic mass is 10.2. The Bertz CT molecular complexity index is 758. The summed E-state index contributed by atoms with van der Waals surface area (Å²) in [6.07, 6.45) is 2.30. The molecule has 158 valence electrons. The standard InChI is InChI=1S/C22H32N4O3/c1-17(15-28-16-19-8-5-4-6-9-19)14-26-22(23-3)25-12-7-11-24-21(27)20-18(2)10-13-29-20/h4-6,8-10,13,17H,7,11-12,14-16H2,1-3H3,(H,24,27)(H2,23,25,26). The number of rotatable bonds is 11. The van der Waals surface area contributed by atoms with Crippen molar-refractivity contribution in [3.05, 3.63) is 59.5 Å². The lowest BCUT2D eigenvalue weighted by Crippen LogP contribution is -2.41. The van der Waals surface area contributed by atoms with Crippen LogP contribution in [0.4, 0.5) is 0 Å². The van der Waals surface area contributed by atoms with Gasteiger partial charge >= 0.3 is 0 Å². The van der Waals surface area contributed by atoms with Gasteiger partial charge in [0, 0.05) is 32.2 Å². The predicted octanol–water partition coefficient (Wildman–Crippen LogP) is 2.73. The second kappa shape index (κ2) is 12.6. The molecule has 0 aliphatic heterocycles. The summed E-state index contributed by atoms with van der Waals surface area (Å²) in [5.41, 5.74) is 2.02. The number of nitrogens with one attached hydrogen (secondary N) is 3. The molecule has 0 bridgehead atoms. The molecular weight excluding hydrogens is 368 g/mol. The van der Waals surface area contributed by atoms with E-state index >= 15 is 0 Å². The van der Waals surface area contributed by atoms with E-state index in [-0.39, 0.29) is 5.91 Å². The Morgan fingerprint density at radius 3 is 2.59 bits per heavy atom. The number of carbonyl (C=O) groups is 1. The molecule has 0 saturated heterocycles. The van der Waals surface area contributed by atoms with Crippen LogP contribution in [-0.4, -0.2) is 45.2 Å². The topological polar surface area (TPSA) is 87.9 Å². The third-order valence-electron chi connectivity index (χ3n) is 4.36. The van der Waals surface area contributed by atoms with Gasteiger partial charge in [0.25, 0.3) is 5.91 Å². The number of hydrogen-bond donors (Lipinski definition) is 3. The van der Waals surface area contributed by atoms with Crippen LogP contribution in [0.15, 0.2) is 52.1 Å². The van der Waals surface area contributed by atoms with Crippen molar-refractivity contribution < 1.29 is 13.9 Å². The molecule has 1 unspecified atom stereocenters. The number of aryl methyl sites for hydroxylation is 1. The van der Waals surface area contributed by atoms with Gasteiger partial charge in [-0.05, 0) is 30.9 Å². The molecule has 0 aliphatic rings. The van der Waals surface area contributed by atoms with Crippen molar-refractivity contribution in [1.82, 2.24) is 16.0 Å². The van der Waals surface area contributed by atoms with E-state index in [0.29, 0.717) is 38.0 Å². The second-order valence-electron chi connectivity index (χ2n) is 7.03. The largest absolute Gasteiger partial charge is 0.459 e. The number of hydrogen-bond acceptors (Lipinski definition) is 4. The maximum absolute atomic E-state index is 12.0. The maximum atomic E-state index is 12.0. The maximum Gasteiger partial charge on any atom is 0.287 e. The molecule has 0 saturated carbocycles. The molecule has 0 radical (unpaired) electrons. The van der Waals surface area contributed by atoms with E-state index in [1.54, 1.807) is 13.1 Å². The molecule has 2 rings (SSSR count). The van der Waals surface area contributed by atoms with E-state index in [9.17, 15) is 4.79 Å². The van der Waals surface area contributed by atoms with E-state index in [1.165, 1.54) is 11.8 Å². The van der Waals surface area contributed by atoms with Gasteiger partial charge in [-0.15, -0.1) is 0 Å². The molecule has 3 N–H and O–H groups in total. The van der Waals surface area contributed by atoms with Gasteiger partial charge in [0.2, 0.25) is 0 Å². The summed E-state index contributed by atoms with van der Waals surface area (Å²) in [4.78, 5) is 16.2. The second-order valence-corrected chi connectivity index (χ2v) is 7.03. The summed E-state index contributed by atoms with van der Waals surface area (Å²) in [7, 11) is 1.74. The molecule has 1 atom stereocenters. The molecule has 7 nitrogen and oxygen atoms in total. The molecule has 0 fully saturated rings. The fraction of sp³-hybridized carbons (Fsp3) is 0.455. The Kier molecular flexibility index (Phi) is 9.78. The van der Waals surface area contributed by atoms with Gasteiger partial charge in [-0.3, -0.25) is 9.79 Å². The average molecular weight is 401 g/mol. The highest BCUT2D eigenvalue weighted by atomic mass is 16.5. The Balaban J connectivity index is 1.54. The van der Waals surface area contributed by atoms with Gasteiger partial charge in [-0.2, -0.15) is 0 Å². The van der Waals surface area contributed by atoms with Gasteiger partial charge in [-0.1, -0.05) is 37.3 Å². The number of ether oxygens (including phenoxy) is 1. The van der Waals surface area contributed by atoms with Crippen molar-refractivity contribution in [1.29, 1.82) is 0 Å². The number of benzene rings is 1. The Labute approximate surface area is 172 Å². The van der Waals surface area contributed by atoms with E-state index in [1.807, 2.05) is 25.1 Å². The van der Waals surface area contributed by atoms with Gasteiger partial charge < -0.3 is 25.1 Å². The van der Waals surface area contributed by atoms with Crippen LogP contribution in [0.3, 0.4) is 0 Å². The van der Waals surface area contributed by atoms with Crippen LogP contribution in [0.2, 0.25) is 0 Å². The summed E-state index contributed by atoms with van der Waals surface area (Å²) < 4.78 is 11.0. The first kappa shape index (κ1) is 22.5. The van der Waals surface area contributed by atoms with Gasteiger partial charge in [0.05, 0.1) is 19.5 Å². The van der Waals surface area contributed by atoms with Crippen molar-refractivity contribution >= 4 is 11.9 Å². The number of aliphatic imine (C=N–C) groups is 1. The molecule has 29 heavy (non-hydrogen) atoms. The zero-order chi connectivity index (χ0) is 20.9. The van der Waals surface area contributed by atoms with Crippen LogP contribution in [0, 0.1) is 12.8 Å². The summed E-state index contributed by atoms with van der Waals surface area (Å²) in [6, 6.07) is 11.9. The summed E-state index contributed by atoms with van der Waals surface area (Å²) in [5.74, 6) is 1.29. The zero-order valence-corrected chi connectivity index (χ0v) is 17.5. The number of carbonyl (C=O) groups excluding carboxylic acids is 1. The van der Waals surface area contributed by atoms with Gasteiger partial charge in [-0.25, -0.2) is 0 Å². The first-order chi connectivity index (χ1) is 14.1. The van der Waals surface area contributed by atoms with Gasteiger partial charge in [0.15, 0.2) is 11.7 Å². The number of amides is 1. The minimum absolute atomic E-state index is 0.181. The third-order valence-corrected chi connectivity index (χ3v) is 4.36. The van der Waals surface area contributed by atoms with Crippen LogP contribution in [0.25, 0.3) is 0 Å². The fourth-order valence-corrected chi connectivity index (χ4v) is 2.69. The Morgan fingerprint density at radius 2 is 1.90 bits per heavy atom. The molecule has 1 aromatic carbocycles. The van der Waals surface area contributed by atoms with Crippen LogP contribution in [0.1, 0.15) is 35.0 Å². The zero-order valence-electron chi connectivity index (χ0n) is 17.5. The van der Waals surface area contributed by atoms with Crippen LogP contribution in [-0.2, 0) is 11.3 Å². The lowest BCUT2D eigenvalue weighted by molar-refractivity contribution is 0.0925. The lowest BCUT2D eigenvalue weighted by Gasteiger charge is -2.16. The monoisotopic (exact) mass is 400 g/mol. The molecule has 2 aromatic rings. The highest BCUT2D eigenvalue weighted by Crippen LogP contribution is 2.07.